The van der Waals surface area contributed by atoms with E-state index in [0.717, 1.165) is 39.0 Å². The molecular weight excluding hydrogens is 246 g/mol. The van der Waals surface area contributed by atoms with Gasteiger partial charge in [-0.1, -0.05) is 20.8 Å². The molecule has 0 spiro atoms. The number of nitrogens with zero attached hydrogens (tertiary/aromatic N) is 2. The molecule has 0 aromatic rings. The number of piperidine rings is 2. The van der Waals surface area contributed by atoms with Crippen molar-refractivity contribution >= 4 is 0 Å². The number of alkyl halides is 2. The van der Waals surface area contributed by atoms with Gasteiger partial charge in [0.15, 0.2) is 0 Å². The van der Waals surface area contributed by atoms with Crippen LogP contribution in [-0.2, 0) is 0 Å². The van der Waals surface area contributed by atoms with E-state index in [4.69, 9.17) is 0 Å². The minimum atomic E-state index is -2.48. The van der Waals surface area contributed by atoms with Gasteiger partial charge in [0, 0.05) is 12.5 Å². The first-order valence-electron chi connectivity index (χ1n) is 7.76. The third-order valence-corrected chi connectivity index (χ3v) is 4.39. The van der Waals surface area contributed by atoms with Crippen molar-refractivity contribution in [3.63, 3.8) is 0 Å². The Balaban J connectivity index is 0.000000861. The van der Waals surface area contributed by atoms with Gasteiger partial charge in [-0.25, -0.2) is 8.78 Å². The summed E-state index contributed by atoms with van der Waals surface area (Å²) in [5.41, 5.74) is 0. The second kappa shape index (κ2) is 7.53. The third-order valence-electron chi connectivity index (χ3n) is 4.39. The van der Waals surface area contributed by atoms with Crippen LogP contribution in [-0.4, -0.2) is 55.5 Å². The zero-order chi connectivity index (χ0) is 14.5. The third kappa shape index (κ3) is 4.99. The summed E-state index contributed by atoms with van der Waals surface area (Å²) in [6, 6.07) is 0. The molecule has 2 nitrogen and oxygen atoms in total. The van der Waals surface area contributed by atoms with Crippen LogP contribution >= 0.6 is 0 Å². The van der Waals surface area contributed by atoms with Gasteiger partial charge in [-0.3, -0.25) is 4.90 Å². The zero-order valence-electron chi connectivity index (χ0n) is 13.0. The van der Waals surface area contributed by atoms with Gasteiger partial charge in [0.1, 0.15) is 0 Å². The Bertz CT molecular complexity index is 251. The molecule has 2 saturated heterocycles. The smallest absolute Gasteiger partial charge is 0.263 e. The summed E-state index contributed by atoms with van der Waals surface area (Å²) in [4.78, 5) is 4.30. The highest BCUT2D eigenvalue weighted by Gasteiger charge is 2.41. The van der Waals surface area contributed by atoms with Crippen LogP contribution in [0.25, 0.3) is 0 Å². The molecule has 2 fully saturated rings. The molecule has 1 atom stereocenters. The van der Waals surface area contributed by atoms with Crippen LogP contribution in [0.15, 0.2) is 0 Å². The summed E-state index contributed by atoms with van der Waals surface area (Å²) >= 11 is 0. The average Bonchev–Trinajstić information content (AvgIpc) is 2.39. The van der Waals surface area contributed by atoms with Crippen molar-refractivity contribution in [2.24, 2.45) is 11.8 Å². The lowest BCUT2D eigenvalue weighted by molar-refractivity contribution is -0.107. The van der Waals surface area contributed by atoms with Crippen molar-refractivity contribution in [1.29, 1.82) is 0 Å². The fourth-order valence-corrected chi connectivity index (χ4v) is 2.89. The zero-order valence-corrected chi connectivity index (χ0v) is 13.0. The van der Waals surface area contributed by atoms with E-state index in [2.05, 4.69) is 11.9 Å². The molecule has 0 radical (unpaired) electrons. The molecule has 0 saturated carbocycles. The maximum absolute atomic E-state index is 13.6. The Kier molecular flexibility index (Phi) is 6.67. The molecule has 0 N–H and O–H groups in total. The van der Waals surface area contributed by atoms with Gasteiger partial charge in [0.25, 0.3) is 5.92 Å². The number of hydrogen-bond donors (Lipinski definition) is 0. The molecule has 2 aliphatic heterocycles. The number of hydrogen-bond acceptors (Lipinski definition) is 2. The second-order valence-electron chi connectivity index (χ2n) is 5.93. The lowest BCUT2D eigenvalue weighted by Crippen LogP contribution is -2.49. The summed E-state index contributed by atoms with van der Waals surface area (Å²) in [7, 11) is 2.13. The first kappa shape index (κ1) is 16.8. The highest BCUT2D eigenvalue weighted by molar-refractivity contribution is 4.85. The molecule has 19 heavy (non-hydrogen) atoms. The highest BCUT2D eigenvalue weighted by Crippen LogP contribution is 2.33. The number of halogens is 2. The van der Waals surface area contributed by atoms with Gasteiger partial charge < -0.3 is 4.90 Å². The summed E-state index contributed by atoms with van der Waals surface area (Å²) < 4.78 is 27.2. The van der Waals surface area contributed by atoms with Crippen LogP contribution in [0, 0.1) is 11.8 Å². The standard InChI is InChI=1S/C13H24F2N2.C2H6/c1-11-3-8-17(10-13(11,14)15)9-12-4-6-16(2)7-5-12;1-2/h11-12H,3-10H2,1-2H3;1-2H3. The van der Waals surface area contributed by atoms with Crippen molar-refractivity contribution in [3.05, 3.63) is 0 Å². The normalized spacial score (nSPS) is 29.7. The monoisotopic (exact) mass is 276 g/mol. The van der Waals surface area contributed by atoms with E-state index in [9.17, 15) is 8.78 Å². The van der Waals surface area contributed by atoms with E-state index >= 15 is 0 Å². The second-order valence-corrected chi connectivity index (χ2v) is 5.93. The Labute approximate surface area is 117 Å². The molecular formula is C15H30F2N2. The van der Waals surface area contributed by atoms with Crippen molar-refractivity contribution < 1.29 is 8.78 Å². The Hall–Kier alpha value is -0.220. The van der Waals surface area contributed by atoms with Gasteiger partial charge in [-0.05, 0) is 51.9 Å². The first-order chi connectivity index (χ1) is 8.97. The Morgan fingerprint density at radius 3 is 2.16 bits per heavy atom. The molecule has 0 bridgehead atoms. The maximum Gasteiger partial charge on any atom is 0.263 e. The molecule has 2 rings (SSSR count). The molecule has 0 aliphatic carbocycles. The van der Waals surface area contributed by atoms with E-state index in [1.54, 1.807) is 6.92 Å². The fourth-order valence-electron chi connectivity index (χ4n) is 2.89. The van der Waals surface area contributed by atoms with Crippen LogP contribution in [0.3, 0.4) is 0 Å². The molecule has 2 heterocycles. The molecule has 114 valence electrons. The fraction of sp³-hybridized carbons (Fsp3) is 1.00. The van der Waals surface area contributed by atoms with Crippen LogP contribution in [0.1, 0.15) is 40.0 Å². The van der Waals surface area contributed by atoms with Gasteiger partial charge in [-0.2, -0.15) is 0 Å². The highest BCUT2D eigenvalue weighted by atomic mass is 19.3. The van der Waals surface area contributed by atoms with Crippen LogP contribution in [0.2, 0.25) is 0 Å². The molecule has 1 unspecified atom stereocenters. The van der Waals surface area contributed by atoms with E-state index in [0.29, 0.717) is 12.3 Å². The summed E-state index contributed by atoms with van der Waals surface area (Å²) in [5.74, 6) is -2.31. The van der Waals surface area contributed by atoms with Gasteiger partial charge in [-0.15, -0.1) is 0 Å². The minimum Gasteiger partial charge on any atom is -0.306 e. The molecule has 4 heteroatoms. The maximum atomic E-state index is 13.6. The first-order valence-corrected chi connectivity index (χ1v) is 7.76. The predicted molar refractivity (Wildman–Crippen MR) is 76.7 cm³/mol. The summed E-state index contributed by atoms with van der Waals surface area (Å²) in [6.07, 6.45) is 2.96. The van der Waals surface area contributed by atoms with Crippen molar-refractivity contribution in [2.75, 3.05) is 39.8 Å². The van der Waals surface area contributed by atoms with Crippen LogP contribution < -0.4 is 0 Å². The summed E-state index contributed by atoms with van der Waals surface area (Å²) in [5, 5.41) is 0. The lowest BCUT2D eigenvalue weighted by atomic mass is 9.92. The van der Waals surface area contributed by atoms with E-state index < -0.39 is 11.8 Å². The topological polar surface area (TPSA) is 6.48 Å². The SMILES string of the molecule is CC.CC1CCN(CC2CCN(C)CC2)CC1(F)F. The average molecular weight is 276 g/mol. The van der Waals surface area contributed by atoms with E-state index in [1.165, 1.54) is 0 Å². The van der Waals surface area contributed by atoms with Crippen LogP contribution in [0.5, 0.6) is 0 Å². The van der Waals surface area contributed by atoms with Crippen molar-refractivity contribution in [3.8, 4) is 0 Å². The Morgan fingerprint density at radius 2 is 1.63 bits per heavy atom. The number of rotatable bonds is 2. The minimum absolute atomic E-state index is 0.0273. The quantitative estimate of drug-likeness (QED) is 0.763. The van der Waals surface area contributed by atoms with Crippen molar-refractivity contribution in [1.82, 2.24) is 9.80 Å². The van der Waals surface area contributed by atoms with E-state index in [1.807, 2.05) is 18.7 Å². The van der Waals surface area contributed by atoms with E-state index in [-0.39, 0.29) is 6.54 Å². The Morgan fingerprint density at radius 1 is 1.05 bits per heavy atom. The van der Waals surface area contributed by atoms with Gasteiger partial charge >= 0.3 is 0 Å². The summed E-state index contributed by atoms with van der Waals surface area (Å²) in [6.45, 7) is 9.60. The number of likely N-dealkylation sites (tertiary alicyclic amines) is 2. The largest absolute Gasteiger partial charge is 0.306 e. The van der Waals surface area contributed by atoms with Gasteiger partial charge in [0.05, 0.1) is 6.54 Å². The van der Waals surface area contributed by atoms with Crippen LogP contribution in [0.4, 0.5) is 8.78 Å². The van der Waals surface area contributed by atoms with Gasteiger partial charge in [0.2, 0.25) is 0 Å². The molecule has 0 aromatic heterocycles. The molecule has 2 aliphatic rings. The lowest BCUT2D eigenvalue weighted by Gasteiger charge is -2.39. The predicted octanol–water partition coefficient (Wildman–Crippen LogP) is 3.33. The van der Waals surface area contributed by atoms with Crippen molar-refractivity contribution in [2.45, 2.75) is 46.0 Å². The molecule has 0 amide bonds. The molecule has 0 aromatic carbocycles.